The molecule has 2 rings (SSSR count). The van der Waals surface area contributed by atoms with E-state index in [-0.39, 0.29) is 5.92 Å². The van der Waals surface area contributed by atoms with Crippen LogP contribution in [0.1, 0.15) is 62.4 Å². The van der Waals surface area contributed by atoms with Gasteiger partial charge in [0.05, 0.1) is 0 Å². The van der Waals surface area contributed by atoms with Crippen LogP contribution in [0.25, 0.3) is 0 Å². The Morgan fingerprint density at radius 1 is 1.32 bits per heavy atom. The van der Waals surface area contributed by atoms with Crippen molar-refractivity contribution >= 4 is 5.78 Å². The quantitative estimate of drug-likeness (QED) is 0.702. The van der Waals surface area contributed by atoms with Gasteiger partial charge in [0, 0.05) is 11.5 Å². The van der Waals surface area contributed by atoms with Crippen molar-refractivity contribution in [1.29, 1.82) is 0 Å². The molecule has 1 fully saturated rings. The Labute approximate surface area is 117 Å². The Bertz CT molecular complexity index is 433. The van der Waals surface area contributed by atoms with Crippen LogP contribution in [0.5, 0.6) is 0 Å². The molecule has 1 nitrogen and oxygen atoms in total. The molecule has 1 aliphatic rings. The van der Waals surface area contributed by atoms with Crippen LogP contribution in [0.15, 0.2) is 24.3 Å². The number of ketones is 1. The summed E-state index contributed by atoms with van der Waals surface area (Å²) in [5.74, 6) is 1.98. The van der Waals surface area contributed by atoms with Gasteiger partial charge in [0.15, 0.2) is 5.78 Å². The molecular formula is C18H26O. The molecule has 0 aromatic heterocycles. The number of hydrogen-bond acceptors (Lipinski definition) is 1. The maximum Gasteiger partial charge on any atom is 0.165 e. The zero-order chi connectivity index (χ0) is 13.8. The monoisotopic (exact) mass is 258 g/mol. The average molecular weight is 258 g/mol. The highest BCUT2D eigenvalue weighted by Gasteiger charge is 2.25. The van der Waals surface area contributed by atoms with Gasteiger partial charge >= 0.3 is 0 Å². The van der Waals surface area contributed by atoms with E-state index < -0.39 is 0 Å². The maximum absolute atomic E-state index is 12.6. The standard InChI is InChI=1S/C18H26O/c1-13(2)10-15-7-5-9-17(12-15)18(19)16-8-4-6-14(3)11-16/h5,7,9,12-14,16H,4,6,8,10-11H2,1-3H3. The van der Waals surface area contributed by atoms with Crippen LogP contribution in [0, 0.1) is 17.8 Å². The van der Waals surface area contributed by atoms with E-state index in [1.54, 1.807) is 0 Å². The van der Waals surface area contributed by atoms with Gasteiger partial charge in [-0.15, -0.1) is 0 Å². The minimum Gasteiger partial charge on any atom is -0.294 e. The summed E-state index contributed by atoms with van der Waals surface area (Å²) >= 11 is 0. The van der Waals surface area contributed by atoms with Crippen molar-refractivity contribution in [3.63, 3.8) is 0 Å². The number of rotatable bonds is 4. The molecule has 0 amide bonds. The Morgan fingerprint density at radius 3 is 2.79 bits per heavy atom. The summed E-state index contributed by atoms with van der Waals surface area (Å²) in [7, 11) is 0. The molecule has 1 saturated carbocycles. The lowest BCUT2D eigenvalue weighted by Crippen LogP contribution is -2.22. The van der Waals surface area contributed by atoms with Crippen molar-refractivity contribution in [2.45, 2.75) is 52.9 Å². The first-order valence-corrected chi connectivity index (χ1v) is 7.69. The molecule has 1 aromatic rings. The van der Waals surface area contributed by atoms with Gasteiger partial charge in [0.25, 0.3) is 0 Å². The van der Waals surface area contributed by atoms with E-state index in [2.05, 4.69) is 32.9 Å². The summed E-state index contributed by atoms with van der Waals surface area (Å²) in [6.45, 7) is 6.71. The third-order valence-electron chi connectivity index (χ3n) is 4.16. The molecule has 0 aliphatic heterocycles. The van der Waals surface area contributed by atoms with Gasteiger partial charge in [-0.2, -0.15) is 0 Å². The van der Waals surface area contributed by atoms with Gasteiger partial charge in [-0.25, -0.2) is 0 Å². The van der Waals surface area contributed by atoms with Crippen molar-refractivity contribution in [2.75, 3.05) is 0 Å². The molecular weight excluding hydrogens is 232 g/mol. The van der Waals surface area contributed by atoms with Gasteiger partial charge in [0.1, 0.15) is 0 Å². The molecule has 0 heterocycles. The second-order valence-corrected chi connectivity index (χ2v) is 6.63. The highest BCUT2D eigenvalue weighted by atomic mass is 16.1. The predicted octanol–water partition coefficient (Wildman–Crippen LogP) is 4.89. The summed E-state index contributed by atoms with van der Waals surface area (Å²) in [5.41, 5.74) is 2.22. The fourth-order valence-electron chi connectivity index (χ4n) is 3.23. The second-order valence-electron chi connectivity index (χ2n) is 6.63. The van der Waals surface area contributed by atoms with Crippen molar-refractivity contribution in [1.82, 2.24) is 0 Å². The molecule has 1 aromatic carbocycles. The first kappa shape index (κ1) is 14.3. The lowest BCUT2D eigenvalue weighted by Gasteiger charge is -2.25. The van der Waals surface area contributed by atoms with Gasteiger partial charge in [-0.05, 0) is 42.7 Å². The molecule has 0 spiro atoms. The highest BCUT2D eigenvalue weighted by molar-refractivity contribution is 5.98. The first-order chi connectivity index (χ1) is 9.06. The van der Waals surface area contributed by atoms with E-state index in [1.807, 2.05) is 12.1 Å². The summed E-state index contributed by atoms with van der Waals surface area (Å²) in [6.07, 6.45) is 5.72. The van der Waals surface area contributed by atoms with E-state index in [0.717, 1.165) is 24.8 Å². The number of carbonyl (C=O) groups excluding carboxylic acids is 1. The van der Waals surface area contributed by atoms with E-state index in [1.165, 1.54) is 18.4 Å². The summed E-state index contributed by atoms with van der Waals surface area (Å²) < 4.78 is 0. The van der Waals surface area contributed by atoms with Crippen LogP contribution in [-0.4, -0.2) is 5.78 Å². The minimum atomic E-state index is 0.262. The van der Waals surface area contributed by atoms with Gasteiger partial charge in [-0.1, -0.05) is 51.8 Å². The molecule has 104 valence electrons. The van der Waals surface area contributed by atoms with Crippen molar-refractivity contribution in [3.05, 3.63) is 35.4 Å². The summed E-state index contributed by atoms with van der Waals surface area (Å²) in [5, 5.41) is 0. The predicted molar refractivity (Wildman–Crippen MR) is 80.4 cm³/mol. The van der Waals surface area contributed by atoms with Crippen molar-refractivity contribution in [2.24, 2.45) is 17.8 Å². The number of carbonyl (C=O) groups is 1. The molecule has 0 saturated heterocycles. The van der Waals surface area contributed by atoms with Crippen LogP contribution in [0.3, 0.4) is 0 Å². The summed E-state index contributed by atoms with van der Waals surface area (Å²) in [6, 6.07) is 8.28. The first-order valence-electron chi connectivity index (χ1n) is 7.69. The van der Waals surface area contributed by atoms with Gasteiger partial charge in [0.2, 0.25) is 0 Å². The largest absolute Gasteiger partial charge is 0.294 e. The molecule has 2 atom stereocenters. The lowest BCUT2D eigenvalue weighted by molar-refractivity contribution is 0.0868. The maximum atomic E-state index is 12.6. The van der Waals surface area contributed by atoms with E-state index in [9.17, 15) is 4.79 Å². The smallest absolute Gasteiger partial charge is 0.165 e. The highest BCUT2D eigenvalue weighted by Crippen LogP contribution is 2.31. The fourth-order valence-corrected chi connectivity index (χ4v) is 3.23. The SMILES string of the molecule is CC(C)Cc1cccc(C(=O)C2CCCC(C)C2)c1. The molecule has 19 heavy (non-hydrogen) atoms. The topological polar surface area (TPSA) is 17.1 Å². The third kappa shape index (κ3) is 3.92. The Kier molecular flexibility index (Phi) is 4.79. The zero-order valence-electron chi connectivity index (χ0n) is 12.5. The number of hydrogen-bond donors (Lipinski definition) is 0. The van der Waals surface area contributed by atoms with E-state index >= 15 is 0 Å². The summed E-state index contributed by atoms with van der Waals surface area (Å²) in [4.78, 5) is 12.6. The fraction of sp³-hybridized carbons (Fsp3) is 0.611. The molecule has 0 radical (unpaired) electrons. The Hall–Kier alpha value is -1.11. The van der Waals surface area contributed by atoms with Crippen LogP contribution in [0.2, 0.25) is 0 Å². The van der Waals surface area contributed by atoms with Crippen molar-refractivity contribution < 1.29 is 4.79 Å². The molecule has 1 heteroatoms. The second kappa shape index (κ2) is 6.36. The molecule has 0 N–H and O–H groups in total. The van der Waals surface area contributed by atoms with Crippen LogP contribution in [0.4, 0.5) is 0 Å². The van der Waals surface area contributed by atoms with Crippen molar-refractivity contribution in [3.8, 4) is 0 Å². The molecule has 0 bridgehead atoms. The normalized spacial score (nSPS) is 23.6. The van der Waals surface area contributed by atoms with Crippen LogP contribution in [-0.2, 0) is 6.42 Å². The number of benzene rings is 1. The minimum absolute atomic E-state index is 0.262. The Balaban J connectivity index is 2.10. The van der Waals surface area contributed by atoms with Crippen LogP contribution < -0.4 is 0 Å². The molecule has 1 aliphatic carbocycles. The average Bonchev–Trinajstić information content (AvgIpc) is 2.37. The van der Waals surface area contributed by atoms with Crippen LogP contribution >= 0.6 is 0 Å². The van der Waals surface area contributed by atoms with E-state index in [0.29, 0.717) is 17.6 Å². The van der Waals surface area contributed by atoms with E-state index in [4.69, 9.17) is 0 Å². The number of Topliss-reactive ketones (excluding diaryl/α,β-unsaturated/α-hetero) is 1. The third-order valence-corrected chi connectivity index (χ3v) is 4.16. The zero-order valence-corrected chi connectivity index (χ0v) is 12.5. The van der Waals surface area contributed by atoms with Gasteiger partial charge in [-0.3, -0.25) is 4.79 Å². The lowest BCUT2D eigenvalue weighted by atomic mass is 9.78. The molecule has 2 unspecified atom stereocenters. The van der Waals surface area contributed by atoms with Gasteiger partial charge < -0.3 is 0 Å². The Morgan fingerprint density at radius 2 is 2.11 bits per heavy atom.